The van der Waals surface area contributed by atoms with Gasteiger partial charge in [0.2, 0.25) is 5.91 Å². The Balaban J connectivity index is 1.55. The molecule has 2 bridgehead atoms. The van der Waals surface area contributed by atoms with Crippen LogP contribution in [-0.2, 0) is 11.3 Å². The van der Waals surface area contributed by atoms with Crippen LogP contribution in [0.4, 0.5) is 4.39 Å². The Kier molecular flexibility index (Phi) is 5.39. The number of ether oxygens (including phenoxy) is 1. The van der Waals surface area contributed by atoms with Crippen molar-refractivity contribution in [3.63, 3.8) is 0 Å². The van der Waals surface area contributed by atoms with Crippen LogP contribution in [0.2, 0.25) is 0 Å². The second kappa shape index (κ2) is 7.51. The lowest BCUT2D eigenvalue weighted by molar-refractivity contribution is -0.128. The molecule has 132 valence electrons. The zero-order valence-electron chi connectivity index (χ0n) is 14.3. The monoisotopic (exact) mass is 334 g/mol. The minimum atomic E-state index is -0.387. The summed E-state index contributed by atoms with van der Waals surface area (Å²) in [5.74, 6) is 0.955. The van der Waals surface area contributed by atoms with E-state index in [0.29, 0.717) is 25.0 Å². The van der Waals surface area contributed by atoms with Crippen molar-refractivity contribution in [1.82, 2.24) is 5.32 Å². The third-order valence-electron chi connectivity index (χ3n) is 5.55. The van der Waals surface area contributed by atoms with E-state index < -0.39 is 0 Å². The molecule has 2 saturated carbocycles. The number of amides is 1. The Morgan fingerprint density at radius 3 is 2.67 bits per heavy atom. The highest BCUT2D eigenvalue weighted by Crippen LogP contribution is 2.41. The average Bonchev–Trinajstić information content (AvgIpc) is 2.55. The predicted octanol–water partition coefficient (Wildman–Crippen LogP) is 2.99. The minimum Gasteiger partial charge on any atom is -0.491 e. The highest BCUT2D eigenvalue weighted by atomic mass is 19.1. The molecule has 1 aromatic rings. The molecule has 5 heteroatoms. The topological polar surface area (TPSA) is 64.3 Å². The van der Waals surface area contributed by atoms with Crippen LogP contribution in [0.5, 0.6) is 5.75 Å². The van der Waals surface area contributed by atoms with E-state index in [-0.39, 0.29) is 29.4 Å². The first kappa shape index (κ1) is 17.2. The molecule has 2 unspecified atom stereocenters. The van der Waals surface area contributed by atoms with Crippen molar-refractivity contribution < 1.29 is 13.9 Å². The van der Waals surface area contributed by atoms with E-state index in [1.165, 1.54) is 12.5 Å². The number of carbonyl (C=O) groups is 1. The first-order chi connectivity index (χ1) is 11.6. The number of halogens is 1. The zero-order valence-corrected chi connectivity index (χ0v) is 14.3. The fraction of sp³-hybridized carbons (Fsp3) is 0.632. The molecule has 0 spiro atoms. The van der Waals surface area contributed by atoms with Crippen molar-refractivity contribution in [1.29, 1.82) is 0 Å². The second-order valence-corrected chi connectivity index (χ2v) is 7.11. The van der Waals surface area contributed by atoms with Gasteiger partial charge in [0.1, 0.15) is 0 Å². The number of rotatable bonds is 5. The van der Waals surface area contributed by atoms with Gasteiger partial charge in [0.25, 0.3) is 0 Å². The van der Waals surface area contributed by atoms with E-state index in [9.17, 15) is 9.18 Å². The van der Waals surface area contributed by atoms with Gasteiger partial charge in [0, 0.05) is 18.5 Å². The Hall–Kier alpha value is -1.62. The predicted molar refractivity (Wildman–Crippen MR) is 90.9 cm³/mol. The second-order valence-electron chi connectivity index (χ2n) is 7.11. The van der Waals surface area contributed by atoms with Gasteiger partial charge in [0.15, 0.2) is 11.6 Å². The van der Waals surface area contributed by atoms with E-state index in [4.69, 9.17) is 10.5 Å². The summed E-state index contributed by atoms with van der Waals surface area (Å²) in [6.07, 6.45) is 5.31. The molecule has 2 atom stereocenters. The van der Waals surface area contributed by atoms with Crippen molar-refractivity contribution in [3.05, 3.63) is 29.6 Å². The molecule has 0 aliphatic heterocycles. The van der Waals surface area contributed by atoms with Gasteiger partial charge in [-0.25, -0.2) is 4.39 Å². The van der Waals surface area contributed by atoms with E-state index in [1.807, 2.05) is 6.92 Å². The molecule has 2 aliphatic carbocycles. The standard InChI is InChI=1S/C19H27FN2O2/c1-2-24-17-7-6-12(8-16(17)20)11-22-19(23)15-9-13-4-3-5-14(10-15)18(13)21/h6-8,13-15,18H,2-5,9-11,21H2,1H3,(H,22,23). The zero-order chi connectivity index (χ0) is 17.1. The Labute approximate surface area is 142 Å². The van der Waals surface area contributed by atoms with Gasteiger partial charge in [-0.3, -0.25) is 4.79 Å². The van der Waals surface area contributed by atoms with Crippen LogP contribution in [0.25, 0.3) is 0 Å². The van der Waals surface area contributed by atoms with Crippen molar-refractivity contribution in [2.75, 3.05) is 6.61 Å². The number of benzene rings is 1. The first-order valence-corrected chi connectivity index (χ1v) is 9.03. The molecule has 1 amide bonds. The molecule has 2 fully saturated rings. The van der Waals surface area contributed by atoms with Gasteiger partial charge in [-0.1, -0.05) is 12.5 Å². The summed E-state index contributed by atoms with van der Waals surface area (Å²) in [5, 5.41) is 2.96. The van der Waals surface area contributed by atoms with Crippen molar-refractivity contribution >= 4 is 5.91 Å². The van der Waals surface area contributed by atoms with Crippen molar-refractivity contribution in [2.24, 2.45) is 23.5 Å². The van der Waals surface area contributed by atoms with Gasteiger partial charge in [-0.2, -0.15) is 0 Å². The van der Waals surface area contributed by atoms with E-state index in [1.54, 1.807) is 12.1 Å². The van der Waals surface area contributed by atoms with Gasteiger partial charge in [-0.05, 0) is 62.1 Å². The summed E-state index contributed by atoms with van der Waals surface area (Å²) in [6.45, 7) is 2.60. The summed E-state index contributed by atoms with van der Waals surface area (Å²) in [5.41, 5.74) is 7.03. The molecule has 1 aromatic carbocycles. The minimum absolute atomic E-state index is 0.0487. The van der Waals surface area contributed by atoms with Gasteiger partial charge in [0.05, 0.1) is 6.61 Å². The SMILES string of the molecule is CCOc1ccc(CNC(=O)C2CC3CCCC(C2)C3N)cc1F. The van der Waals surface area contributed by atoms with Crippen LogP contribution in [0.3, 0.4) is 0 Å². The molecule has 2 aliphatic rings. The summed E-state index contributed by atoms with van der Waals surface area (Å²) >= 11 is 0. The maximum atomic E-state index is 13.9. The van der Waals surface area contributed by atoms with E-state index in [0.717, 1.165) is 31.2 Å². The third-order valence-corrected chi connectivity index (χ3v) is 5.55. The molecular weight excluding hydrogens is 307 g/mol. The summed E-state index contributed by atoms with van der Waals surface area (Å²) in [7, 11) is 0. The molecule has 24 heavy (non-hydrogen) atoms. The molecule has 0 saturated heterocycles. The Morgan fingerprint density at radius 1 is 1.33 bits per heavy atom. The van der Waals surface area contributed by atoms with Crippen LogP contribution in [0.15, 0.2) is 18.2 Å². The summed E-state index contributed by atoms with van der Waals surface area (Å²) in [4.78, 5) is 12.5. The highest BCUT2D eigenvalue weighted by Gasteiger charge is 2.40. The first-order valence-electron chi connectivity index (χ1n) is 9.03. The Bertz CT molecular complexity index is 579. The molecular formula is C19H27FN2O2. The van der Waals surface area contributed by atoms with E-state index in [2.05, 4.69) is 5.32 Å². The molecule has 4 nitrogen and oxygen atoms in total. The normalized spacial score (nSPS) is 29.1. The van der Waals surface area contributed by atoms with Crippen molar-refractivity contribution in [2.45, 2.75) is 51.6 Å². The van der Waals surface area contributed by atoms with Crippen LogP contribution < -0.4 is 15.8 Å². The number of nitrogens with one attached hydrogen (secondary N) is 1. The van der Waals surface area contributed by atoms with Crippen LogP contribution in [0, 0.1) is 23.6 Å². The lowest BCUT2D eigenvalue weighted by atomic mass is 9.65. The number of fused-ring (bicyclic) bond motifs is 2. The summed E-state index contributed by atoms with van der Waals surface area (Å²) in [6, 6.07) is 5.10. The maximum Gasteiger partial charge on any atom is 0.223 e. The maximum absolute atomic E-state index is 13.9. The fourth-order valence-corrected chi connectivity index (χ4v) is 4.26. The third kappa shape index (κ3) is 3.72. The number of hydrogen-bond acceptors (Lipinski definition) is 3. The van der Waals surface area contributed by atoms with Crippen molar-refractivity contribution in [3.8, 4) is 5.75 Å². The Morgan fingerprint density at radius 2 is 2.04 bits per heavy atom. The van der Waals surface area contributed by atoms with Crippen LogP contribution in [0.1, 0.15) is 44.6 Å². The van der Waals surface area contributed by atoms with E-state index >= 15 is 0 Å². The molecule has 0 heterocycles. The molecule has 0 aromatic heterocycles. The largest absolute Gasteiger partial charge is 0.491 e. The lowest BCUT2D eigenvalue weighted by Gasteiger charge is -2.43. The fourth-order valence-electron chi connectivity index (χ4n) is 4.26. The van der Waals surface area contributed by atoms with Gasteiger partial charge < -0.3 is 15.8 Å². The number of hydrogen-bond donors (Lipinski definition) is 2. The summed E-state index contributed by atoms with van der Waals surface area (Å²) < 4.78 is 19.1. The average molecular weight is 334 g/mol. The van der Waals surface area contributed by atoms with Crippen LogP contribution >= 0.6 is 0 Å². The number of carbonyl (C=O) groups excluding carboxylic acids is 1. The van der Waals surface area contributed by atoms with Crippen LogP contribution in [-0.4, -0.2) is 18.6 Å². The quantitative estimate of drug-likeness (QED) is 0.870. The lowest BCUT2D eigenvalue weighted by Crippen LogP contribution is -2.49. The van der Waals surface area contributed by atoms with Gasteiger partial charge in [-0.15, -0.1) is 0 Å². The molecule has 0 radical (unpaired) electrons. The van der Waals surface area contributed by atoms with Gasteiger partial charge >= 0.3 is 0 Å². The number of nitrogens with two attached hydrogens (primary N) is 1. The smallest absolute Gasteiger partial charge is 0.223 e. The molecule has 3 rings (SSSR count). The highest BCUT2D eigenvalue weighted by molar-refractivity contribution is 5.78. The molecule has 3 N–H and O–H groups in total.